The van der Waals surface area contributed by atoms with E-state index in [-0.39, 0.29) is 5.91 Å². The average molecular weight is 391 g/mol. The minimum Gasteiger partial charge on any atom is -0.496 e. The van der Waals surface area contributed by atoms with Crippen LogP contribution in [0.5, 0.6) is 5.75 Å². The normalized spacial score (nSPS) is 11.3. The van der Waals surface area contributed by atoms with Gasteiger partial charge in [0.05, 0.1) is 18.4 Å². The summed E-state index contributed by atoms with van der Waals surface area (Å²) in [6.45, 7) is 10.1. The lowest BCUT2D eigenvalue weighted by Gasteiger charge is -2.26. The highest BCUT2D eigenvalue weighted by Crippen LogP contribution is 2.30. The molecule has 1 aromatic heterocycles. The average Bonchev–Trinajstić information content (AvgIpc) is 2.98. The van der Waals surface area contributed by atoms with Crippen LogP contribution in [0.2, 0.25) is 0 Å². The Morgan fingerprint density at radius 1 is 1.15 bits per heavy atom. The topological polar surface area (TPSA) is 60.3 Å². The predicted molar refractivity (Wildman–Crippen MR) is 110 cm³/mol. The van der Waals surface area contributed by atoms with Crippen LogP contribution in [0.3, 0.4) is 0 Å². The van der Waals surface area contributed by atoms with Crippen LogP contribution in [0.15, 0.2) is 29.4 Å². The molecule has 0 aliphatic rings. The summed E-state index contributed by atoms with van der Waals surface area (Å²) in [5, 5.41) is 9.29. The molecule has 0 saturated carbocycles. The fraction of sp³-hybridized carbons (Fsp3) is 0.550. The summed E-state index contributed by atoms with van der Waals surface area (Å²) < 4.78 is 7.33. The standard InChI is InChI=1S/C20H30N4O2S/c1-14(2)11-24(12-15(3)4)18(25)13-27-20-22-21-19(23(20)5)16-9-7-8-10-17(16)26-6/h7-10,14-15H,11-13H2,1-6H3. The third-order valence-corrected chi connectivity index (χ3v) is 5.04. The molecule has 0 bridgehead atoms. The van der Waals surface area contributed by atoms with Crippen molar-refractivity contribution in [2.75, 3.05) is 26.0 Å². The van der Waals surface area contributed by atoms with Crippen molar-refractivity contribution in [3.8, 4) is 17.1 Å². The zero-order valence-electron chi connectivity index (χ0n) is 17.1. The van der Waals surface area contributed by atoms with Crippen molar-refractivity contribution >= 4 is 17.7 Å². The first kappa shape index (κ1) is 21.3. The number of carbonyl (C=O) groups is 1. The number of thioether (sulfide) groups is 1. The minimum atomic E-state index is 0.143. The van der Waals surface area contributed by atoms with Gasteiger partial charge >= 0.3 is 0 Å². The Bertz CT molecular complexity index is 748. The van der Waals surface area contributed by atoms with Gasteiger partial charge in [-0.3, -0.25) is 4.79 Å². The van der Waals surface area contributed by atoms with Crippen molar-refractivity contribution in [1.82, 2.24) is 19.7 Å². The Morgan fingerprint density at radius 3 is 2.37 bits per heavy atom. The van der Waals surface area contributed by atoms with Crippen molar-refractivity contribution in [3.63, 3.8) is 0 Å². The second kappa shape index (κ2) is 9.78. The van der Waals surface area contributed by atoms with Crippen molar-refractivity contribution in [1.29, 1.82) is 0 Å². The number of para-hydroxylation sites is 1. The zero-order chi connectivity index (χ0) is 20.0. The molecule has 0 atom stereocenters. The van der Waals surface area contributed by atoms with Crippen LogP contribution in [0.25, 0.3) is 11.4 Å². The van der Waals surface area contributed by atoms with Gasteiger partial charge < -0.3 is 14.2 Å². The molecule has 2 aromatic rings. The lowest BCUT2D eigenvalue weighted by Crippen LogP contribution is -2.38. The summed E-state index contributed by atoms with van der Waals surface area (Å²) in [6, 6.07) is 7.72. The number of methoxy groups -OCH3 is 1. The molecule has 1 amide bonds. The number of aromatic nitrogens is 3. The molecule has 1 heterocycles. The van der Waals surface area contributed by atoms with E-state index in [4.69, 9.17) is 4.74 Å². The molecule has 0 unspecified atom stereocenters. The highest BCUT2D eigenvalue weighted by atomic mass is 32.2. The molecule has 27 heavy (non-hydrogen) atoms. The third-order valence-electron chi connectivity index (χ3n) is 4.03. The Labute approximate surface area is 166 Å². The van der Waals surface area contributed by atoms with Crippen LogP contribution in [-0.2, 0) is 11.8 Å². The molecule has 2 rings (SSSR count). The fourth-order valence-corrected chi connectivity index (χ4v) is 3.70. The van der Waals surface area contributed by atoms with Crippen LogP contribution in [0.4, 0.5) is 0 Å². The number of hydrogen-bond donors (Lipinski definition) is 0. The molecule has 1 aromatic carbocycles. The maximum Gasteiger partial charge on any atom is 0.233 e. The van der Waals surface area contributed by atoms with E-state index in [2.05, 4.69) is 37.9 Å². The van der Waals surface area contributed by atoms with Crippen molar-refractivity contribution < 1.29 is 9.53 Å². The van der Waals surface area contributed by atoms with Gasteiger partial charge in [0.1, 0.15) is 5.75 Å². The molecule has 148 valence electrons. The monoisotopic (exact) mass is 390 g/mol. The van der Waals surface area contributed by atoms with Gasteiger partial charge in [-0.15, -0.1) is 10.2 Å². The van der Waals surface area contributed by atoms with Crippen molar-refractivity contribution in [2.24, 2.45) is 18.9 Å². The SMILES string of the molecule is COc1ccccc1-c1nnc(SCC(=O)N(CC(C)C)CC(C)C)n1C. The van der Waals surface area contributed by atoms with Crippen LogP contribution in [0, 0.1) is 11.8 Å². The van der Waals surface area contributed by atoms with Gasteiger partial charge in [0, 0.05) is 20.1 Å². The van der Waals surface area contributed by atoms with Crippen LogP contribution in [-0.4, -0.2) is 51.5 Å². The molecule has 0 saturated heterocycles. The first-order valence-electron chi connectivity index (χ1n) is 9.26. The Morgan fingerprint density at radius 2 is 1.78 bits per heavy atom. The summed E-state index contributed by atoms with van der Waals surface area (Å²) in [6.07, 6.45) is 0. The highest BCUT2D eigenvalue weighted by molar-refractivity contribution is 7.99. The van der Waals surface area contributed by atoms with Crippen molar-refractivity contribution in [3.05, 3.63) is 24.3 Å². The number of benzene rings is 1. The maximum absolute atomic E-state index is 12.7. The van der Waals surface area contributed by atoms with Gasteiger partial charge in [-0.05, 0) is 24.0 Å². The second-order valence-corrected chi connectivity index (χ2v) is 8.38. The van der Waals surface area contributed by atoms with E-state index in [1.54, 1.807) is 7.11 Å². The molecule has 0 aliphatic carbocycles. The molecule has 0 spiro atoms. The van der Waals surface area contributed by atoms with Gasteiger partial charge in [-0.2, -0.15) is 0 Å². The Hall–Kier alpha value is -2.02. The van der Waals surface area contributed by atoms with E-state index >= 15 is 0 Å². The van der Waals surface area contributed by atoms with Gasteiger partial charge in [0.25, 0.3) is 0 Å². The van der Waals surface area contributed by atoms with Crippen molar-refractivity contribution in [2.45, 2.75) is 32.9 Å². The van der Waals surface area contributed by atoms with E-state index in [0.717, 1.165) is 35.4 Å². The van der Waals surface area contributed by atoms with E-state index in [9.17, 15) is 4.79 Å². The second-order valence-electron chi connectivity index (χ2n) is 7.44. The fourth-order valence-electron chi connectivity index (χ4n) is 2.88. The molecular formula is C20H30N4O2S. The molecule has 0 aliphatic heterocycles. The Kier molecular flexibility index (Phi) is 7.71. The van der Waals surface area contributed by atoms with Gasteiger partial charge in [-0.1, -0.05) is 51.6 Å². The number of ether oxygens (including phenoxy) is 1. The predicted octanol–water partition coefficient (Wildman–Crippen LogP) is 3.72. The number of rotatable bonds is 9. The third kappa shape index (κ3) is 5.73. The van der Waals surface area contributed by atoms with E-state index in [0.29, 0.717) is 17.6 Å². The number of carbonyl (C=O) groups excluding carboxylic acids is 1. The number of hydrogen-bond acceptors (Lipinski definition) is 5. The molecule has 0 N–H and O–H groups in total. The number of amides is 1. The quantitative estimate of drug-likeness (QED) is 0.611. The lowest BCUT2D eigenvalue weighted by atomic mass is 10.1. The first-order valence-corrected chi connectivity index (χ1v) is 10.2. The van der Waals surface area contributed by atoms with Gasteiger partial charge in [-0.25, -0.2) is 0 Å². The molecule has 6 nitrogen and oxygen atoms in total. The van der Waals surface area contributed by atoms with Crippen LogP contribution < -0.4 is 4.74 Å². The smallest absolute Gasteiger partial charge is 0.233 e. The van der Waals surface area contributed by atoms with Crippen LogP contribution in [0.1, 0.15) is 27.7 Å². The highest BCUT2D eigenvalue weighted by Gasteiger charge is 2.19. The summed E-state index contributed by atoms with van der Waals surface area (Å²) in [7, 11) is 3.55. The largest absolute Gasteiger partial charge is 0.496 e. The molecule has 0 radical (unpaired) electrons. The maximum atomic E-state index is 12.7. The van der Waals surface area contributed by atoms with E-state index in [1.807, 2.05) is 40.8 Å². The van der Waals surface area contributed by atoms with Gasteiger partial charge in [0.15, 0.2) is 11.0 Å². The Balaban J connectivity index is 2.10. The number of nitrogens with zero attached hydrogens (tertiary/aromatic N) is 4. The molecule has 0 fully saturated rings. The first-order chi connectivity index (χ1) is 12.8. The van der Waals surface area contributed by atoms with E-state index in [1.165, 1.54) is 11.8 Å². The summed E-state index contributed by atoms with van der Waals surface area (Å²) in [5.74, 6) is 2.88. The van der Waals surface area contributed by atoms with E-state index < -0.39 is 0 Å². The molecule has 7 heteroatoms. The van der Waals surface area contributed by atoms with Crippen LogP contribution >= 0.6 is 11.8 Å². The minimum absolute atomic E-state index is 0.143. The lowest BCUT2D eigenvalue weighted by molar-refractivity contribution is -0.129. The summed E-state index contributed by atoms with van der Waals surface area (Å²) in [5.41, 5.74) is 0.884. The summed E-state index contributed by atoms with van der Waals surface area (Å²) in [4.78, 5) is 14.7. The molecular weight excluding hydrogens is 360 g/mol. The van der Waals surface area contributed by atoms with Gasteiger partial charge in [0.2, 0.25) is 5.91 Å². The zero-order valence-corrected chi connectivity index (χ0v) is 17.9. The summed E-state index contributed by atoms with van der Waals surface area (Å²) >= 11 is 1.42.